The van der Waals surface area contributed by atoms with Crippen LogP contribution in [0.25, 0.3) is 11.4 Å². The van der Waals surface area contributed by atoms with Gasteiger partial charge in [-0.1, -0.05) is 43.2 Å². The van der Waals surface area contributed by atoms with E-state index in [2.05, 4.69) is 15.2 Å². The molecule has 8 heteroatoms. The van der Waals surface area contributed by atoms with Gasteiger partial charge in [0.25, 0.3) is 0 Å². The third-order valence-electron chi connectivity index (χ3n) is 5.70. The minimum absolute atomic E-state index is 0.0784. The fourth-order valence-electron chi connectivity index (χ4n) is 4.00. The summed E-state index contributed by atoms with van der Waals surface area (Å²) in [6.45, 7) is 0.505. The molecule has 0 unspecified atom stereocenters. The molecular weight excluding hydrogens is 413 g/mol. The topological polar surface area (TPSA) is 63.9 Å². The molecule has 3 aromatic rings. The van der Waals surface area contributed by atoms with Crippen LogP contribution in [0.1, 0.15) is 37.7 Å². The van der Waals surface area contributed by atoms with Crippen LogP contribution < -0.4 is 0 Å². The Morgan fingerprint density at radius 3 is 2.52 bits per heavy atom. The number of thioether (sulfide) groups is 1. The molecule has 1 saturated carbocycles. The summed E-state index contributed by atoms with van der Waals surface area (Å²) >= 11 is 1.40. The highest BCUT2D eigenvalue weighted by atomic mass is 32.2. The first-order valence-corrected chi connectivity index (χ1v) is 11.6. The van der Waals surface area contributed by atoms with Gasteiger partial charge in [-0.25, -0.2) is 4.39 Å². The first kappa shape index (κ1) is 21.5. The van der Waals surface area contributed by atoms with Crippen LogP contribution in [0.5, 0.6) is 0 Å². The van der Waals surface area contributed by atoms with Crippen molar-refractivity contribution in [3.05, 3.63) is 60.2 Å². The molecule has 6 nitrogen and oxygen atoms in total. The number of hydrogen-bond acceptors (Lipinski definition) is 5. The molecule has 2 heterocycles. The Morgan fingerprint density at radius 1 is 1.10 bits per heavy atom. The van der Waals surface area contributed by atoms with Gasteiger partial charge in [0.1, 0.15) is 5.82 Å². The molecule has 4 rings (SSSR count). The lowest BCUT2D eigenvalue weighted by atomic mass is 9.94. The standard InChI is InChI=1S/C23H26FN5OS/c1-28-22(18-11-13-25-14-12-18)26-27-23(28)31-16-21(30)29(20-5-3-2-4-6-20)15-17-7-9-19(24)10-8-17/h7-14,20H,2-6,15-16H2,1H3. The van der Waals surface area contributed by atoms with Gasteiger partial charge in [-0.05, 0) is 42.7 Å². The van der Waals surface area contributed by atoms with Crippen LogP contribution in [0.15, 0.2) is 53.9 Å². The minimum Gasteiger partial charge on any atom is -0.335 e. The average molecular weight is 440 g/mol. The number of halogens is 1. The molecule has 1 aliphatic rings. The zero-order chi connectivity index (χ0) is 21.6. The smallest absolute Gasteiger partial charge is 0.233 e. The predicted octanol–water partition coefficient (Wildman–Crippen LogP) is 4.47. The molecule has 0 aliphatic heterocycles. The summed E-state index contributed by atoms with van der Waals surface area (Å²) in [4.78, 5) is 19.2. The van der Waals surface area contributed by atoms with Crippen molar-refractivity contribution < 1.29 is 9.18 Å². The zero-order valence-electron chi connectivity index (χ0n) is 17.6. The van der Waals surface area contributed by atoms with E-state index in [9.17, 15) is 9.18 Å². The number of aromatic nitrogens is 4. The van der Waals surface area contributed by atoms with E-state index >= 15 is 0 Å². The van der Waals surface area contributed by atoms with E-state index in [4.69, 9.17) is 0 Å². The third kappa shape index (κ3) is 5.31. The maximum absolute atomic E-state index is 13.3. The summed E-state index contributed by atoms with van der Waals surface area (Å²) in [6.07, 6.45) is 8.99. The summed E-state index contributed by atoms with van der Waals surface area (Å²) in [6, 6.07) is 10.4. The summed E-state index contributed by atoms with van der Waals surface area (Å²) < 4.78 is 15.2. The van der Waals surface area contributed by atoms with Crippen LogP contribution in [0.3, 0.4) is 0 Å². The van der Waals surface area contributed by atoms with Crippen LogP contribution in [-0.2, 0) is 18.4 Å². The maximum Gasteiger partial charge on any atom is 0.233 e. The highest BCUT2D eigenvalue weighted by Crippen LogP contribution is 2.27. The number of nitrogens with zero attached hydrogens (tertiary/aromatic N) is 5. The molecule has 0 spiro atoms. The molecule has 2 aromatic heterocycles. The second-order valence-corrected chi connectivity index (χ2v) is 8.77. The van der Waals surface area contributed by atoms with E-state index in [1.807, 2.05) is 28.6 Å². The van der Waals surface area contributed by atoms with Crippen molar-refractivity contribution in [2.45, 2.75) is 49.8 Å². The van der Waals surface area contributed by atoms with Crippen LogP contribution in [0, 0.1) is 5.82 Å². The van der Waals surface area contributed by atoms with E-state index in [0.717, 1.165) is 42.6 Å². The summed E-state index contributed by atoms with van der Waals surface area (Å²) in [5.41, 5.74) is 1.88. The van der Waals surface area contributed by atoms with Gasteiger partial charge in [-0.15, -0.1) is 10.2 Å². The van der Waals surface area contributed by atoms with Crippen molar-refractivity contribution in [1.29, 1.82) is 0 Å². The monoisotopic (exact) mass is 439 g/mol. The van der Waals surface area contributed by atoms with Crippen LogP contribution >= 0.6 is 11.8 Å². The fourth-order valence-corrected chi connectivity index (χ4v) is 4.80. The second kappa shape index (κ2) is 10.0. The van der Waals surface area contributed by atoms with Gasteiger partial charge >= 0.3 is 0 Å². The Bertz CT molecular complexity index is 1000. The quantitative estimate of drug-likeness (QED) is 0.508. The molecule has 1 aromatic carbocycles. The highest BCUT2D eigenvalue weighted by molar-refractivity contribution is 7.99. The van der Waals surface area contributed by atoms with Crippen LogP contribution in [0.2, 0.25) is 0 Å². The van der Waals surface area contributed by atoms with Gasteiger partial charge < -0.3 is 9.47 Å². The molecule has 31 heavy (non-hydrogen) atoms. The van der Waals surface area contributed by atoms with Crippen LogP contribution in [0.4, 0.5) is 4.39 Å². The maximum atomic E-state index is 13.3. The molecule has 1 fully saturated rings. The lowest BCUT2D eigenvalue weighted by Gasteiger charge is -2.34. The Kier molecular flexibility index (Phi) is 6.96. The Morgan fingerprint density at radius 2 is 1.81 bits per heavy atom. The first-order chi connectivity index (χ1) is 15.1. The van der Waals surface area contributed by atoms with E-state index in [0.29, 0.717) is 17.5 Å². The highest BCUT2D eigenvalue weighted by Gasteiger charge is 2.26. The number of amides is 1. The van der Waals surface area contributed by atoms with Gasteiger partial charge in [0.05, 0.1) is 5.75 Å². The number of carbonyl (C=O) groups excluding carboxylic acids is 1. The van der Waals surface area contributed by atoms with Crippen molar-refractivity contribution in [1.82, 2.24) is 24.6 Å². The van der Waals surface area contributed by atoms with Crippen molar-refractivity contribution in [3.8, 4) is 11.4 Å². The summed E-state index contributed by atoms with van der Waals surface area (Å²) in [7, 11) is 1.90. The summed E-state index contributed by atoms with van der Waals surface area (Å²) in [5, 5.41) is 9.25. The van der Waals surface area contributed by atoms with E-state index in [1.54, 1.807) is 24.5 Å². The number of pyridine rings is 1. The number of carbonyl (C=O) groups is 1. The summed E-state index contributed by atoms with van der Waals surface area (Å²) in [5.74, 6) is 0.852. The zero-order valence-corrected chi connectivity index (χ0v) is 18.4. The number of hydrogen-bond donors (Lipinski definition) is 0. The average Bonchev–Trinajstić information content (AvgIpc) is 3.18. The molecule has 0 saturated heterocycles. The van der Waals surface area contributed by atoms with Crippen molar-refractivity contribution in [2.75, 3.05) is 5.75 Å². The first-order valence-electron chi connectivity index (χ1n) is 10.6. The normalized spacial score (nSPS) is 14.5. The van der Waals surface area contributed by atoms with Gasteiger partial charge in [-0.3, -0.25) is 9.78 Å². The van der Waals surface area contributed by atoms with Gasteiger partial charge in [0, 0.05) is 37.6 Å². The molecular formula is C23H26FN5OS. The van der Waals surface area contributed by atoms with Crippen molar-refractivity contribution >= 4 is 17.7 Å². The van der Waals surface area contributed by atoms with Crippen molar-refractivity contribution in [3.63, 3.8) is 0 Å². The van der Waals surface area contributed by atoms with Crippen LogP contribution in [-0.4, -0.2) is 42.4 Å². The van der Waals surface area contributed by atoms with Crippen molar-refractivity contribution in [2.24, 2.45) is 7.05 Å². The Hall–Kier alpha value is -2.74. The SMILES string of the molecule is Cn1c(SCC(=O)N(Cc2ccc(F)cc2)C2CCCCC2)nnc1-c1ccncc1. The lowest BCUT2D eigenvalue weighted by molar-refractivity contribution is -0.132. The molecule has 162 valence electrons. The molecule has 0 bridgehead atoms. The fraction of sp³-hybridized carbons (Fsp3) is 0.391. The predicted molar refractivity (Wildman–Crippen MR) is 119 cm³/mol. The third-order valence-corrected chi connectivity index (χ3v) is 6.71. The second-order valence-electron chi connectivity index (χ2n) is 7.83. The van der Waals surface area contributed by atoms with Gasteiger partial charge in [0.15, 0.2) is 11.0 Å². The van der Waals surface area contributed by atoms with E-state index in [1.165, 1.54) is 30.3 Å². The lowest BCUT2D eigenvalue weighted by Crippen LogP contribution is -2.42. The molecule has 0 N–H and O–H groups in total. The Labute approximate surface area is 185 Å². The van der Waals surface area contributed by atoms with Gasteiger partial charge in [-0.2, -0.15) is 0 Å². The number of benzene rings is 1. The minimum atomic E-state index is -0.262. The molecule has 1 aliphatic carbocycles. The molecule has 0 radical (unpaired) electrons. The largest absolute Gasteiger partial charge is 0.335 e. The van der Waals surface area contributed by atoms with E-state index in [-0.39, 0.29) is 17.8 Å². The molecule has 0 atom stereocenters. The van der Waals surface area contributed by atoms with Gasteiger partial charge in [0.2, 0.25) is 5.91 Å². The number of rotatable bonds is 7. The van der Waals surface area contributed by atoms with E-state index < -0.39 is 0 Å². The molecule has 1 amide bonds. The Balaban J connectivity index is 1.46.